The summed E-state index contributed by atoms with van der Waals surface area (Å²) < 4.78 is 44.5. The van der Waals surface area contributed by atoms with Crippen molar-refractivity contribution in [2.45, 2.75) is 18.5 Å². The number of methoxy groups -OCH3 is 1. The molecule has 0 aliphatic heterocycles. The standard InChI is InChI=1S/C21H21F3N2O2/c1-28-10-9-25-20(27)12-17(14-5-4-6-15(11-14)21(22,23)24)18-13-26-19-8-3-2-7-16(18)19/h2-8,11,13,17,26H,9-10,12H2,1H3,(H,25,27)/t17-/m1/s1. The second-order valence-corrected chi connectivity index (χ2v) is 6.51. The molecule has 0 aliphatic carbocycles. The topological polar surface area (TPSA) is 54.1 Å². The van der Waals surface area contributed by atoms with Crippen LogP contribution in [0.15, 0.2) is 54.7 Å². The van der Waals surface area contributed by atoms with Gasteiger partial charge in [-0.2, -0.15) is 13.2 Å². The average Bonchev–Trinajstić information content (AvgIpc) is 3.10. The molecule has 1 amide bonds. The van der Waals surface area contributed by atoms with E-state index in [2.05, 4.69) is 10.3 Å². The van der Waals surface area contributed by atoms with Crippen LogP contribution in [0.4, 0.5) is 13.2 Å². The maximum absolute atomic E-state index is 13.2. The van der Waals surface area contributed by atoms with Gasteiger partial charge >= 0.3 is 6.18 Å². The molecule has 0 radical (unpaired) electrons. The maximum atomic E-state index is 13.2. The first-order valence-electron chi connectivity index (χ1n) is 8.89. The molecule has 3 aromatic rings. The van der Waals surface area contributed by atoms with Crippen molar-refractivity contribution in [3.05, 3.63) is 71.4 Å². The molecular weight excluding hydrogens is 369 g/mol. The van der Waals surface area contributed by atoms with Crippen molar-refractivity contribution in [3.63, 3.8) is 0 Å². The molecule has 28 heavy (non-hydrogen) atoms. The van der Waals surface area contributed by atoms with Gasteiger partial charge in [0.2, 0.25) is 5.91 Å². The number of aromatic nitrogens is 1. The van der Waals surface area contributed by atoms with Gasteiger partial charge in [0.15, 0.2) is 0 Å². The second-order valence-electron chi connectivity index (χ2n) is 6.51. The highest BCUT2D eigenvalue weighted by atomic mass is 19.4. The minimum Gasteiger partial charge on any atom is -0.383 e. The van der Waals surface area contributed by atoms with Crippen LogP contribution in [0.1, 0.15) is 29.0 Å². The summed E-state index contributed by atoms with van der Waals surface area (Å²) in [5.74, 6) is -0.759. The molecule has 2 N–H and O–H groups in total. The molecule has 2 aromatic carbocycles. The number of rotatable bonds is 7. The molecule has 4 nitrogen and oxygen atoms in total. The first-order valence-corrected chi connectivity index (χ1v) is 8.89. The van der Waals surface area contributed by atoms with Gasteiger partial charge in [0.1, 0.15) is 0 Å². The quantitative estimate of drug-likeness (QED) is 0.585. The molecule has 0 bridgehead atoms. The van der Waals surface area contributed by atoms with E-state index in [9.17, 15) is 18.0 Å². The zero-order valence-electron chi connectivity index (χ0n) is 15.3. The first-order chi connectivity index (χ1) is 13.4. The zero-order valence-corrected chi connectivity index (χ0v) is 15.3. The predicted octanol–water partition coefficient (Wildman–Crippen LogP) is 4.47. The number of nitrogens with one attached hydrogen (secondary N) is 2. The normalized spacial score (nSPS) is 12.9. The van der Waals surface area contributed by atoms with Gasteiger partial charge < -0.3 is 15.0 Å². The van der Waals surface area contributed by atoms with Crippen molar-refractivity contribution in [2.24, 2.45) is 0 Å². The van der Waals surface area contributed by atoms with Crippen LogP contribution < -0.4 is 5.32 Å². The molecule has 148 valence electrons. The summed E-state index contributed by atoms with van der Waals surface area (Å²) in [5.41, 5.74) is 1.38. The van der Waals surface area contributed by atoms with Crippen LogP contribution >= 0.6 is 0 Å². The van der Waals surface area contributed by atoms with Gasteiger partial charge in [-0.25, -0.2) is 0 Å². The second kappa shape index (κ2) is 8.48. The SMILES string of the molecule is COCCNC(=O)C[C@H](c1cccc(C(F)(F)F)c1)c1c[nH]c2ccccc12. The molecule has 0 aliphatic rings. The Bertz CT molecular complexity index is 950. The van der Waals surface area contributed by atoms with Gasteiger partial charge in [-0.05, 0) is 23.3 Å². The van der Waals surface area contributed by atoms with E-state index in [1.165, 1.54) is 13.2 Å². The Morgan fingerprint density at radius 2 is 1.96 bits per heavy atom. The fourth-order valence-electron chi connectivity index (χ4n) is 3.27. The molecule has 1 aromatic heterocycles. The van der Waals surface area contributed by atoms with Crippen molar-refractivity contribution in [2.75, 3.05) is 20.3 Å². The van der Waals surface area contributed by atoms with Gasteiger partial charge in [-0.3, -0.25) is 4.79 Å². The summed E-state index contributed by atoms with van der Waals surface area (Å²) in [6.45, 7) is 0.714. The molecule has 0 spiro atoms. The lowest BCUT2D eigenvalue weighted by Crippen LogP contribution is -2.28. The summed E-state index contributed by atoms with van der Waals surface area (Å²) in [6.07, 6.45) is -2.65. The van der Waals surface area contributed by atoms with Crippen LogP contribution in [0.2, 0.25) is 0 Å². The Hall–Kier alpha value is -2.80. The summed E-state index contributed by atoms with van der Waals surface area (Å²) in [5, 5.41) is 3.63. The number of amides is 1. The highest BCUT2D eigenvalue weighted by Gasteiger charge is 2.31. The predicted molar refractivity (Wildman–Crippen MR) is 101 cm³/mol. The van der Waals surface area contributed by atoms with Crippen molar-refractivity contribution in [1.82, 2.24) is 10.3 Å². The summed E-state index contributed by atoms with van der Waals surface area (Å²) in [6, 6.07) is 12.7. The maximum Gasteiger partial charge on any atom is 0.416 e. The van der Waals surface area contributed by atoms with E-state index >= 15 is 0 Å². The minimum absolute atomic E-state index is 0.0346. The third kappa shape index (κ3) is 4.54. The Balaban J connectivity index is 1.99. The monoisotopic (exact) mass is 390 g/mol. The lowest BCUT2D eigenvalue weighted by molar-refractivity contribution is -0.137. The Kier molecular flexibility index (Phi) is 6.04. The molecule has 0 saturated carbocycles. The van der Waals surface area contributed by atoms with E-state index in [0.717, 1.165) is 28.6 Å². The van der Waals surface area contributed by atoms with Gasteiger partial charge in [-0.1, -0.05) is 36.4 Å². The van der Waals surface area contributed by atoms with E-state index in [1.54, 1.807) is 12.3 Å². The van der Waals surface area contributed by atoms with Crippen molar-refractivity contribution < 1.29 is 22.7 Å². The molecule has 0 unspecified atom stereocenters. The summed E-state index contributed by atoms with van der Waals surface area (Å²) in [7, 11) is 1.53. The molecule has 7 heteroatoms. The third-order valence-electron chi connectivity index (χ3n) is 4.63. The number of ether oxygens (including phenoxy) is 1. The van der Waals surface area contributed by atoms with Crippen LogP contribution in [0.3, 0.4) is 0 Å². The van der Waals surface area contributed by atoms with Gasteiger partial charge in [0.05, 0.1) is 12.2 Å². The van der Waals surface area contributed by atoms with E-state index in [4.69, 9.17) is 4.74 Å². The van der Waals surface area contributed by atoms with Crippen molar-refractivity contribution in [1.29, 1.82) is 0 Å². The lowest BCUT2D eigenvalue weighted by Gasteiger charge is -2.19. The van der Waals surface area contributed by atoms with Crippen molar-refractivity contribution in [3.8, 4) is 0 Å². The van der Waals surface area contributed by atoms with Crippen molar-refractivity contribution >= 4 is 16.8 Å². The number of alkyl halides is 3. The highest BCUT2D eigenvalue weighted by Crippen LogP contribution is 2.36. The van der Waals surface area contributed by atoms with E-state index in [1.807, 2.05) is 24.3 Å². The van der Waals surface area contributed by atoms with E-state index in [0.29, 0.717) is 18.7 Å². The summed E-state index contributed by atoms with van der Waals surface area (Å²) >= 11 is 0. The fourth-order valence-corrected chi connectivity index (χ4v) is 3.27. The number of H-pyrrole nitrogens is 1. The molecular formula is C21H21F3N2O2. The molecule has 1 atom stereocenters. The molecule has 0 fully saturated rings. The van der Waals surface area contributed by atoms with Crippen LogP contribution in [-0.2, 0) is 15.7 Å². The van der Waals surface area contributed by atoms with Crippen LogP contribution in [0.5, 0.6) is 0 Å². The zero-order chi connectivity index (χ0) is 20.1. The number of carbonyl (C=O) groups excluding carboxylic acids is 1. The van der Waals surface area contributed by atoms with Crippen LogP contribution in [-0.4, -0.2) is 31.2 Å². The highest BCUT2D eigenvalue weighted by molar-refractivity contribution is 5.86. The van der Waals surface area contributed by atoms with E-state index in [-0.39, 0.29) is 12.3 Å². The number of fused-ring (bicyclic) bond motifs is 1. The lowest BCUT2D eigenvalue weighted by atomic mass is 9.87. The van der Waals surface area contributed by atoms with Gasteiger partial charge in [-0.15, -0.1) is 0 Å². The first kappa shape index (κ1) is 19.9. The number of benzene rings is 2. The number of carbonyl (C=O) groups is 1. The van der Waals surface area contributed by atoms with E-state index < -0.39 is 17.7 Å². The number of halogens is 3. The Morgan fingerprint density at radius 3 is 2.71 bits per heavy atom. The largest absolute Gasteiger partial charge is 0.416 e. The Morgan fingerprint density at radius 1 is 1.18 bits per heavy atom. The number of hydrogen-bond donors (Lipinski definition) is 2. The fraction of sp³-hybridized carbons (Fsp3) is 0.286. The average molecular weight is 390 g/mol. The minimum atomic E-state index is -4.44. The van der Waals surface area contributed by atoms with Gasteiger partial charge in [0, 0.05) is 43.1 Å². The molecule has 3 rings (SSSR count). The number of para-hydroxylation sites is 1. The van der Waals surface area contributed by atoms with Gasteiger partial charge in [0.25, 0.3) is 0 Å². The van der Waals surface area contributed by atoms with Crippen LogP contribution in [0.25, 0.3) is 10.9 Å². The Labute approximate surface area is 160 Å². The number of hydrogen-bond acceptors (Lipinski definition) is 2. The smallest absolute Gasteiger partial charge is 0.383 e. The third-order valence-corrected chi connectivity index (χ3v) is 4.63. The molecule has 0 saturated heterocycles. The summed E-state index contributed by atoms with van der Waals surface area (Å²) in [4.78, 5) is 15.6. The number of aromatic amines is 1. The van der Waals surface area contributed by atoms with Crippen LogP contribution in [0, 0.1) is 0 Å². The molecule has 1 heterocycles.